The summed E-state index contributed by atoms with van der Waals surface area (Å²) >= 11 is 0. The number of likely N-dealkylation sites (tertiary alicyclic amines) is 1. The van der Waals surface area contributed by atoms with Crippen molar-refractivity contribution in [2.45, 2.75) is 40.9 Å². The topological polar surface area (TPSA) is 109 Å². The Bertz CT molecular complexity index is 1120. The zero-order chi connectivity index (χ0) is 22.4. The summed E-state index contributed by atoms with van der Waals surface area (Å²) in [4.78, 5) is 19.0. The van der Waals surface area contributed by atoms with Crippen LogP contribution in [0.5, 0.6) is 5.75 Å². The lowest BCUT2D eigenvalue weighted by atomic mass is 9.74. The predicted molar refractivity (Wildman–Crippen MR) is 118 cm³/mol. The molecule has 8 nitrogen and oxygen atoms in total. The number of hydrogen-bond donors (Lipinski definition) is 2. The maximum absolute atomic E-state index is 12.7. The normalized spacial score (nSPS) is 21.2. The van der Waals surface area contributed by atoms with E-state index in [1.54, 1.807) is 6.07 Å². The fraction of sp³-hybridized carbons (Fsp3) is 0.478. The molecule has 2 aliphatic heterocycles. The van der Waals surface area contributed by atoms with E-state index in [0.29, 0.717) is 31.7 Å². The molecule has 32 heavy (non-hydrogen) atoms. The van der Waals surface area contributed by atoms with Crippen LogP contribution in [-0.4, -0.2) is 66.9 Å². The number of benzene rings is 1. The minimum absolute atomic E-state index is 0.0205. The molecule has 1 aromatic carbocycles. The van der Waals surface area contributed by atoms with Crippen LogP contribution in [0.25, 0.3) is 0 Å². The highest BCUT2D eigenvalue weighted by Gasteiger charge is 2.55. The van der Waals surface area contributed by atoms with Crippen molar-refractivity contribution in [3.8, 4) is 5.75 Å². The van der Waals surface area contributed by atoms with Crippen molar-refractivity contribution in [2.24, 2.45) is 0 Å². The molecule has 0 bridgehead atoms. The molecular weight excluding hydrogens is 430 g/mol. The maximum atomic E-state index is 12.7. The summed E-state index contributed by atoms with van der Waals surface area (Å²) in [6, 6.07) is 11.0. The van der Waals surface area contributed by atoms with Crippen LogP contribution in [-0.2, 0) is 20.0 Å². The fourth-order valence-corrected chi connectivity index (χ4v) is 6.50. The molecule has 1 saturated carbocycles. The number of pyridine rings is 1. The Kier molecular flexibility index (Phi) is 5.22. The van der Waals surface area contributed by atoms with E-state index in [4.69, 9.17) is 4.74 Å². The number of aliphatic hydroxyl groups excluding tert-OH is 1. The van der Waals surface area contributed by atoms with Gasteiger partial charge < -0.3 is 15.2 Å². The van der Waals surface area contributed by atoms with Crippen molar-refractivity contribution in [3.05, 3.63) is 48.2 Å². The van der Waals surface area contributed by atoms with Gasteiger partial charge >= 0.3 is 0 Å². The Morgan fingerprint density at radius 1 is 1.09 bits per heavy atom. The summed E-state index contributed by atoms with van der Waals surface area (Å²) in [7, 11) is -3.63. The molecular formula is C23H27N3O5S. The Balaban J connectivity index is 1.14. The Labute approximate surface area is 187 Å². The van der Waals surface area contributed by atoms with Gasteiger partial charge in [-0.15, -0.1) is 0 Å². The Hall–Kier alpha value is -2.49. The van der Waals surface area contributed by atoms with Crippen LogP contribution in [0.2, 0.25) is 0 Å². The average molecular weight is 458 g/mol. The van der Waals surface area contributed by atoms with Gasteiger partial charge in [-0.1, -0.05) is 18.2 Å². The van der Waals surface area contributed by atoms with Gasteiger partial charge in [0.05, 0.1) is 18.2 Å². The monoisotopic (exact) mass is 457 g/mol. The second-order valence-corrected chi connectivity index (χ2v) is 11.2. The third-order valence-electron chi connectivity index (χ3n) is 7.16. The highest BCUT2D eigenvalue weighted by Crippen LogP contribution is 2.46. The van der Waals surface area contributed by atoms with Crippen molar-refractivity contribution in [2.75, 3.05) is 38.2 Å². The molecule has 3 heterocycles. The number of carbonyl (C=O) groups is 1. The number of aromatic nitrogens is 1. The van der Waals surface area contributed by atoms with Gasteiger partial charge in [0.25, 0.3) is 0 Å². The molecule has 1 saturated heterocycles. The van der Waals surface area contributed by atoms with E-state index in [0.717, 1.165) is 37.2 Å². The van der Waals surface area contributed by atoms with Gasteiger partial charge in [0.1, 0.15) is 17.1 Å². The van der Waals surface area contributed by atoms with E-state index in [9.17, 15) is 18.3 Å². The van der Waals surface area contributed by atoms with Crippen molar-refractivity contribution >= 4 is 21.4 Å². The lowest BCUT2D eigenvalue weighted by Crippen LogP contribution is -2.47. The first kappa shape index (κ1) is 21.4. The van der Waals surface area contributed by atoms with E-state index in [2.05, 4.69) is 21.3 Å². The molecule has 2 N–H and O–H groups in total. The molecule has 0 radical (unpaired) electrons. The molecule has 2 fully saturated rings. The number of carbonyl (C=O) groups excluding carboxylic acids is 1. The Morgan fingerprint density at radius 2 is 1.84 bits per heavy atom. The van der Waals surface area contributed by atoms with Crippen LogP contribution in [0, 0.1) is 0 Å². The number of aliphatic hydroxyl groups is 1. The molecule has 1 aromatic heterocycles. The van der Waals surface area contributed by atoms with Crippen molar-refractivity contribution in [1.82, 2.24) is 9.88 Å². The van der Waals surface area contributed by atoms with E-state index in [1.807, 2.05) is 18.2 Å². The van der Waals surface area contributed by atoms with Gasteiger partial charge in [0.15, 0.2) is 5.03 Å². The number of piperidine rings is 1. The standard InChI is InChI=1S/C23H27N3O5S/c27-16-22(7-8-22)32(29,30)20-6-5-17(15-24-20)31-14-13-26-11-9-23(10-12-26)18-3-1-2-4-19(18)25-21(23)28/h1-6,15,27H,7-14,16H2,(H,25,28). The third-order valence-corrected chi connectivity index (χ3v) is 9.63. The number of sulfone groups is 1. The van der Waals surface area contributed by atoms with Gasteiger partial charge in [0, 0.05) is 12.2 Å². The highest BCUT2D eigenvalue weighted by atomic mass is 32.2. The summed E-state index contributed by atoms with van der Waals surface area (Å²) in [5.41, 5.74) is 1.61. The van der Waals surface area contributed by atoms with Gasteiger partial charge in [0.2, 0.25) is 15.7 Å². The van der Waals surface area contributed by atoms with E-state index in [1.165, 1.54) is 12.3 Å². The van der Waals surface area contributed by atoms with Crippen LogP contribution in [0.4, 0.5) is 5.69 Å². The lowest BCUT2D eigenvalue weighted by molar-refractivity contribution is -0.122. The molecule has 2 aromatic rings. The number of anilines is 1. The van der Waals surface area contributed by atoms with Crippen molar-refractivity contribution in [1.29, 1.82) is 0 Å². The Morgan fingerprint density at radius 3 is 2.50 bits per heavy atom. The summed E-state index contributed by atoms with van der Waals surface area (Å²) in [6.07, 6.45) is 3.91. The predicted octanol–water partition coefficient (Wildman–Crippen LogP) is 1.74. The summed E-state index contributed by atoms with van der Waals surface area (Å²) in [5, 5.41) is 12.4. The summed E-state index contributed by atoms with van der Waals surface area (Å²) in [6.45, 7) is 2.41. The fourth-order valence-electron chi connectivity index (χ4n) is 4.81. The quantitative estimate of drug-likeness (QED) is 0.652. The first-order valence-corrected chi connectivity index (χ1v) is 12.5. The molecule has 5 rings (SSSR count). The number of rotatable bonds is 7. The van der Waals surface area contributed by atoms with E-state index >= 15 is 0 Å². The average Bonchev–Trinajstić information content (AvgIpc) is 3.58. The maximum Gasteiger partial charge on any atom is 0.235 e. The number of ether oxygens (including phenoxy) is 1. The smallest absolute Gasteiger partial charge is 0.235 e. The first-order valence-electron chi connectivity index (χ1n) is 11.0. The molecule has 0 atom stereocenters. The van der Waals surface area contributed by atoms with Crippen molar-refractivity contribution in [3.63, 3.8) is 0 Å². The van der Waals surface area contributed by atoms with Crippen LogP contribution < -0.4 is 10.1 Å². The molecule has 170 valence electrons. The van der Waals surface area contributed by atoms with Gasteiger partial charge in [-0.2, -0.15) is 0 Å². The number of nitrogens with one attached hydrogen (secondary N) is 1. The van der Waals surface area contributed by atoms with Crippen LogP contribution in [0.1, 0.15) is 31.2 Å². The highest BCUT2D eigenvalue weighted by molar-refractivity contribution is 7.93. The van der Waals surface area contributed by atoms with Crippen LogP contribution >= 0.6 is 0 Å². The lowest BCUT2D eigenvalue weighted by Gasteiger charge is -2.37. The molecule has 1 aliphatic carbocycles. The van der Waals surface area contributed by atoms with Crippen LogP contribution in [0.3, 0.4) is 0 Å². The molecule has 3 aliphatic rings. The molecule has 9 heteroatoms. The number of nitrogens with zero attached hydrogens (tertiary/aromatic N) is 2. The summed E-state index contributed by atoms with van der Waals surface area (Å²) < 4.78 is 29.9. The minimum Gasteiger partial charge on any atom is -0.491 e. The second-order valence-electron chi connectivity index (χ2n) is 8.95. The van der Waals surface area contributed by atoms with E-state index < -0.39 is 20.0 Å². The molecule has 0 unspecified atom stereocenters. The zero-order valence-corrected chi connectivity index (χ0v) is 18.6. The third kappa shape index (κ3) is 3.39. The van der Waals surface area contributed by atoms with Crippen molar-refractivity contribution < 1.29 is 23.1 Å². The van der Waals surface area contributed by atoms with Gasteiger partial charge in [-0.05, 0) is 62.5 Å². The first-order chi connectivity index (χ1) is 15.4. The van der Waals surface area contributed by atoms with Gasteiger partial charge in [-0.3, -0.25) is 9.69 Å². The minimum atomic E-state index is -3.63. The molecule has 1 amide bonds. The number of fused-ring (bicyclic) bond motifs is 2. The number of para-hydroxylation sites is 1. The van der Waals surface area contributed by atoms with Crippen LogP contribution in [0.15, 0.2) is 47.6 Å². The second kappa shape index (κ2) is 7.83. The SMILES string of the molecule is O=C1Nc2ccccc2C12CCN(CCOc1ccc(S(=O)(=O)C3(CO)CC3)nc1)CC2. The number of hydrogen-bond acceptors (Lipinski definition) is 7. The van der Waals surface area contributed by atoms with Gasteiger partial charge in [-0.25, -0.2) is 13.4 Å². The molecule has 1 spiro atoms. The largest absolute Gasteiger partial charge is 0.491 e. The zero-order valence-electron chi connectivity index (χ0n) is 17.8. The van der Waals surface area contributed by atoms with E-state index in [-0.39, 0.29) is 17.5 Å². The summed E-state index contributed by atoms with van der Waals surface area (Å²) in [5.74, 6) is 0.611. The number of amides is 1.